The summed E-state index contributed by atoms with van der Waals surface area (Å²) in [6, 6.07) is 0. The molecular formula is C30H62O3. The summed E-state index contributed by atoms with van der Waals surface area (Å²) in [4.78, 5) is 0. The van der Waals surface area contributed by atoms with Gasteiger partial charge >= 0.3 is 0 Å². The highest BCUT2D eigenvalue weighted by atomic mass is 16.5. The van der Waals surface area contributed by atoms with Gasteiger partial charge in [0.25, 0.3) is 0 Å². The van der Waals surface area contributed by atoms with Gasteiger partial charge in [0.05, 0.1) is 12.2 Å². The molecule has 200 valence electrons. The third-order valence-electron chi connectivity index (χ3n) is 7.22. The molecule has 4 unspecified atom stereocenters. The number of aliphatic hydroxyl groups is 2. The minimum Gasteiger partial charge on any atom is -0.393 e. The highest BCUT2D eigenvalue weighted by Crippen LogP contribution is 2.18. The molecule has 0 amide bonds. The molecule has 0 spiro atoms. The molecule has 0 bridgehead atoms. The number of aliphatic hydroxyl groups excluding tert-OH is 2. The van der Waals surface area contributed by atoms with Crippen LogP contribution in [0.15, 0.2) is 0 Å². The number of unbranched alkanes of at least 4 members (excludes halogenated alkanes) is 8. The van der Waals surface area contributed by atoms with Gasteiger partial charge in [-0.05, 0) is 50.4 Å². The monoisotopic (exact) mass is 470 g/mol. The zero-order valence-corrected chi connectivity index (χ0v) is 23.2. The van der Waals surface area contributed by atoms with Gasteiger partial charge in [0.2, 0.25) is 0 Å². The quantitative estimate of drug-likeness (QED) is 0.124. The van der Waals surface area contributed by atoms with Crippen LogP contribution in [0.3, 0.4) is 0 Å². The lowest BCUT2D eigenvalue weighted by Gasteiger charge is -2.14. The smallest absolute Gasteiger partial charge is 0.0540 e. The minimum atomic E-state index is -0.0653. The van der Waals surface area contributed by atoms with E-state index < -0.39 is 0 Å². The van der Waals surface area contributed by atoms with E-state index in [1.807, 2.05) is 0 Å². The molecule has 0 aromatic heterocycles. The van der Waals surface area contributed by atoms with Crippen LogP contribution in [-0.4, -0.2) is 35.6 Å². The summed E-state index contributed by atoms with van der Waals surface area (Å²) in [5, 5.41) is 19.5. The van der Waals surface area contributed by atoms with E-state index in [0.717, 1.165) is 63.6 Å². The van der Waals surface area contributed by atoms with Crippen molar-refractivity contribution in [2.24, 2.45) is 11.8 Å². The van der Waals surface area contributed by atoms with Gasteiger partial charge in [-0.15, -0.1) is 0 Å². The second-order valence-electron chi connectivity index (χ2n) is 11.0. The van der Waals surface area contributed by atoms with Gasteiger partial charge in [-0.25, -0.2) is 0 Å². The zero-order chi connectivity index (χ0) is 24.6. The van der Waals surface area contributed by atoms with Crippen LogP contribution in [0.4, 0.5) is 0 Å². The van der Waals surface area contributed by atoms with Crippen LogP contribution in [-0.2, 0) is 4.74 Å². The molecule has 0 saturated heterocycles. The van der Waals surface area contributed by atoms with Crippen molar-refractivity contribution in [3.8, 4) is 0 Å². The molecule has 0 radical (unpaired) electrons. The largest absolute Gasteiger partial charge is 0.393 e. The number of hydrogen-bond donors (Lipinski definition) is 2. The number of ether oxygens (including phenoxy) is 1. The fourth-order valence-corrected chi connectivity index (χ4v) is 4.72. The molecule has 0 aliphatic heterocycles. The predicted octanol–water partition coefficient (Wildman–Crippen LogP) is 8.84. The zero-order valence-electron chi connectivity index (χ0n) is 23.2. The van der Waals surface area contributed by atoms with Crippen LogP contribution in [0.2, 0.25) is 0 Å². The van der Waals surface area contributed by atoms with Gasteiger partial charge in [0.1, 0.15) is 0 Å². The molecule has 0 saturated carbocycles. The van der Waals surface area contributed by atoms with Crippen molar-refractivity contribution in [2.45, 2.75) is 168 Å². The lowest BCUT2D eigenvalue weighted by atomic mass is 9.98. The summed E-state index contributed by atoms with van der Waals surface area (Å²) in [5.41, 5.74) is 0. The Labute approximate surface area is 208 Å². The SMILES string of the molecule is CCCC(O)CCCCCCCC(C)CCOCCC(C)CCCCCCCC(O)CCC. The Kier molecular flexibility index (Phi) is 24.9. The molecule has 2 N–H and O–H groups in total. The van der Waals surface area contributed by atoms with Crippen molar-refractivity contribution in [3.63, 3.8) is 0 Å². The maximum atomic E-state index is 9.76. The van der Waals surface area contributed by atoms with E-state index in [2.05, 4.69) is 27.7 Å². The second-order valence-corrected chi connectivity index (χ2v) is 11.0. The molecule has 0 aromatic rings. The predicted molar refractivity (Wildman–Crippen MR) is 145 cm³/mol. The minimum absolute atomic E-state index is 0.0653. The molecule has 0 rings (SSSR count). The second kappa shape index (κ2) is 25.0. The summed E-state index contributed by atoms with van der Waals surface area (Å²) in [7, 11) is 0. The highest BCUT2D eigenvalue weighted by Gasteiger charge is 2.06. The van der Waals surface area contributed by atoms with Gasteiger partial charge in [-0.3, -0.25) is 0 Å². The molecule has 0 aromatic carbocycles. The van der Waals surface area contributed by atoms with E-state index in [0.29, 0.717) is 0 Å². The van der Waals surface area contributed by atoms with Crippen LogP contribution in [0.5, 0.6) is 0 Å². The first-order chi connectivity index (χ1) is 16.0. The molecule has 0 fully saturated rings. The van der Waals surface area contributed by atoms with E-state index in [-0.39, 0.29) is 12.2 Å². The van der Waals surface area contributed by atoms with E-state index in [9.17, 15) is 10.2 Å². The molecule has 3 heteroatoms. The number of rotatable bonds is 26. The van der Waals surface area contributed by atoms with Crippen LogP contribution in [0.25, 0.3) is 0 Å². The molecular weight excluding hydrogens is 408 g/mol. The first-order valence-corrected chi connectivity index (χ1v) is 14.9. The van der Waals surface area contributed by atoms with E-state index in [1.165, 1.54) is 89.9 Å². The summed E-state index contributed by atoms with van der Waals surface area (Å²) in [6.45, 7) is 10.9. The molecule has 4 atom stereocenters. The lowest BCUT2D eigenvalue weighted by molar-refractivity contribution is 0.108. The van der Waals surface area contributed by atoms with Gasteiger partial charge in [0.15, 0.2) is 0 Å². The van der Waals surface area contributed by atoms with Gasteiger partial charge in [0, 0.05) is 13.2 Å². The van der Waals surface area contributed by atoms with Crippen molar-refractivity contribution < 1.29 is 14.9 Å². The fourth-order valence-electron chi connectivity index (χ4n) is 4.72. The van der Waals surface area contributed by atoms with Crippen LogP contribution < -0.4 is 0 Å². The summed E-state index contributed by atoms with van der Waals surface area (Å²) in [6.07, 6.45) is 24.0. The summed E-state index contributed by atoms with van der Waals surface area (Å²) >= 11 is 0. The van der Waals surface area contributed by atoms with Crippen LogP contribution >= 0.6 is 0 Å². The van der Waals surface area contributed by atoms with Crippen molar-refractivity contribution in [3.05, 3.63) is 0 Å². The van der Waals surface area contributed by atoms with E-state index in [1.54, 1.807) is 0 Å². The van der Waals surface area contributed by atoms with E-state index in [4.69, 9.17) is 4.74 Å². The third kappa shape index (κ3) is 24.8. The van der Waals surface area contributed by atoms with Gasteiger partial charge < -0.3 is 14.9 Å². The fraction of sp³-hybridized carbons (Fsp3) is 1.00. The average molecular weight is 471 g/mol. The lowest BCUT2D eigenvalue weighted by Crippen LogP contribution is -2.06. The van der Waals surface area contributed by atoms with Gasteiger partial charge in [-0.1, -0.05) is 118 Å². The highest BCUT2D eigenvalue weighted by molar-refractivity contribution is 4.59. The Bertz CT molecular complexity index is 340. The van der Waals surface area contributed by atoms with Crippen molar-refractivity contribution >= 4 is 0 Å². The number of hydrogen-bond acceptors (Lipinski definition) is 3. The summed E-state index contributed by atoms with van der Waals surface area (Å²) < 4.78 is 5.93. The standard InChI is InChI=1S/C30H62O3/c1-5-17-29(31)21-15-11-7-9-13-19-27(3)23-25-33-26-24-28(4)20-14-10-8-12-16-22-30(32)18-6-2/h27-32H,5-26H2,1-4H3. The molecule has 0 aliphatic carbocycles. The van der Waals surface area contributed by atoms with Crippen molar-refractivity contribution in [2.75, 3.05) is 13.2 Å². The third-order valence-corrected chi connectivity index (χ3v) is 7.22. The molecule has 3 nitrogen and oxygen atoms in total. The van der Waals surface area contributed by atoms with Gasteiger partial charge in [-0.2, -0.15) is 0 Å². The van der Waals surface area contributed by atoms with Crippen LogP contribution in [0.1, 0.15) is 156 Å². The first kappa shape index (κ1) is 32.9. The Morgan fingerprint density at radius 3 is 1.15 bits per heavy atom. The van der Waals surface area contributed by atoms with E-state index >= 15 is 0 Å². The summed E-state index contributed by atoms with van der Waals surface area (Å²) in [5.74, 6) is 1.55. The maximum absolute atomic E-state index is 9.76. The molecule has 0 aliphatic rings. The first-order valence-electron chi connectivity index (χ1n) is 14.9. The Morgan fingerprint density at radius 1 is 0.455 bits per heavy atom. The topological polar surface area (TPSA) is 49.7 Å². The van der Waals surface area contributed by atoms with Crippen LogP contribution in [0, 0.1) is 11.8 Å². The Balaban J connectivity index is 3.35. The maximum Gasteiger partial charge on any atom is 0.0540 e. The normalized spacial score (nSPS) is 15.5. The Morgan fingerprint density at radius 2 is 0.788 bits per heavy atom. The van der Waals surface area contributed by atoms with Crippen molar-refractivity contribution in [1.82, 2.24) is 0 Å². The molecule has 0 heterocycles. The average Bonchev–Trinajstić information content (AvgIpc) is 2.78. The Hall–Kier alpha value is -0.120. The molecule has 33 heavy (non-hydrogen) atoms. The van der Waals surface area contributed by atoms with Crippen molar-refractivity contribution in [1.29, 1.82) is 0 Å².